The maximum atomic E-state index is 4.38. The molecule has 0 aliphatic rings. The molecule has 0 radical (unpaired) electrons. The first kappa shape index (κ1) is 9.86. The SMILES string of the molecule is c1ccc(CSc2ncn3ccsc23)nc1. The lowest BCUT2D eigenvalue weighted by Crippen LogP contribution is -1.84. The Balaban J connectivity index is 1.79. The van der Waals surface area contributed by atoms with Gasteiger partial charge in [-0.15, -0.1) is 11.3 Å². The van der Waals surface area contributed by atoms with Crippen molar-refractivity contribution in [2.24, 2.45) is 0 Å². The molecule has 0 unspecified atom stereocenters. The quantitative estimate of drug-likeness (QED) is 0.666. The van der Waals surface area contributed by atoms with E-state index in [4.69, 9.17) is 0 Å². The molecule has 3 heterocycles. The molecular formula is C11H9N3S2. The van der Waals surface area contributed by atoms with Crippen molar-refractivity contribution < 1.29 is 0 Å². The molecule has 0 amide bonds. The van der Waals surface area contributed by atoms with Gasteiger partial charge in [0.1, 0.15) is 16.2 Å². The molecule has 0 N–H and O–H groups in total. The summed E-state index contributed by atoms with van der Waals surface area (Å²) < 4.78 is 2.05. The minimum absolute atomic E-state index is 0.866. The van der Waals surface area contributed by atoms with Gasteiger partial charge in [-0.05, 0) is 12.1 Å². The van der Waals surface area contributed by atoms with Gasteiger partial charge in [-0.25, -0.2) is 4.98 Å². The molecule has 3 rings (SSSR count). The number of rotatable bonds is 3. The fraction of sp³-hybridized carbons (Fsp3) is 0.0909. The number of aromatic nitrogens is 3. The van der Waals surface area contributed by atoms with E-state index < -0.39 is 0 Å². The third kappa shape index (κ3) is 1.83. The molecular weight excluding hydrogens is 238 g/mol. The van der Waals surface area contributed by atoms with E-state index in [1.165, 1.54) is 4.83 Å². The van der Waals surface area contributed by atoms with Crippen molar-refractivity contribution in [3.63, 3.8) is 0 Å². The van der Waals surface area contributed by atoms with Crippen molar-refractivity contribution in [1.29, 1.82) is 0 Å². The highest BCUT2D eigenvalue weighted by molar-refractivity contribution is 7.98. The van der Waals surface area contributed by atoms with Gasteiger partial charge >= 0.3 is 0 Å². The molecule has 80 valence electrons. The van der Waals surface area contributed by atoms with Gasteiger partial charge in [0.25, 0.3) is 0 Å². The highest BCUT2D eigenvalue weighted by Gasteiger charge is 2.06. The lowest BCUT2D eigenvalue weighted by atomic mass is 10.4. The lowest BCUT2D eigenvalue weighted by molar-refractivity contribution is 1.14. The summed E-state index contributed by atoms with van der Waals surface area (Å²) in [5, 5.41) is 3.16. The molecule has 3 aromatic rings. The molecule has 0 spiro atoms. The largest absolute Gasteiger partial charge is 0.296 e. The lowest BCUT2D eigenvalue weighted by Gasteiger charge is -1.97. The molecule has 0 fully saturated rings. The van der Waals surface area contributed by atoms with Crippen LogP contribution >= 0.6 is 23.1 Å². The minimum Gasteiger partial charge on any atom is -0.296 e. The van der Waals surface area contributed by atoms with Crippen LogP contribution in [0.15, 0.2) is 47.3 Å². The fourth-order valence-electron chi connectivity index (χ4n) is 1.44. The third-order valence-electron chi connectivity index (χ3n) is 2.20. The van der Waals surface area contributed by atoms with Crippen molar-refractivity contribution in [2.75, 3.05) is 0 Å². The first-order valence-electron chi connectivity index (χ1n) is 4.86. The van der Waals surface area contributed by atoms with Crippen LogP contribution < -0.4 is 0 Å². The van der Waals surface area contributed by atoms with Gasteiger partial charge in [0.05, 0.1) is 5.69 Å². The molecule has 0 saturated carbocycles. The molecule has 0 aromatic carbocycles. The van der Waals surface area contributed by atoms with E-state index >= 15 is 0 Å². The van der Waals surface area contributed by atoms with Crippen LogP contribution in [-0.2, 0) is 5.75 Å². The van der Waals surface area contributed by atoms with Crippen LogP contribution in [0.4, 0.5) is 0 Å². The van der Waals surface area contributed by atoms with E-state index in [9.17, 15) is 0 Å². The highest BCUT2D eigenvalue weighted by atomic mass is 32.2. The van der Waals surface area contributed by atoms with Crippen molar-refractivity contribution in [2.45, 2.75) is 10.8 Å². The number of hydrogen-bond acceptors (Lipinski definition) is 4. The van der Waals surface area contributed by atoms with Crippen LogP contribution in [0.3, 0.4) is 0 Å². The molecule has 16 heavy (non-hydrogen) atoms. The smallest absolute Gasteiger partial charge is 0.133 e. The molecule has 0 atom stereocenters. The Hall–Kier alpha value is -1.33. The normalized spacial score (nSPS) is 11.0. The third-order valence-corrected chi connectivity index (χ3v) is 4.23. The second kappa shape index (κ2) is 4.27. The van der Waals surface area contributed by atoms with Gasteiger partial charge in [0.2, 0.25) is 0 Å². The molecule has 0 aliphatic carbocycles. The minimum atomic E-state index is 0.866. The number of nitrogens with zero attached hydrogens (tertiary/aromatic N) is 3. The summed E-state index contributed by atoms with van der Waals surface area (Å²) in [6.45, 7) is 0. The topological polar surface area (TPSA) is 30.2 Å². The fourth-order valence-corrected chi connectivity index (χ4v) is 3.27. The zero-order valence-corrected chi connectivity index (χ0v) is 10.0. The Bertz CT molecular complexity index is 585. The predicted molar refractivity (Wildman–Crippen MR) is 66.9 cm³/mol. The molecule has 3 nitrogen and oxygen atoms in total. The summed E-state index contributed by atoms with van der Waals surface area (Å²) in [6, 6.07) is 5.98. The van der Waals surface area contributed by atoms with Gasteiger partial charge in [-0.2, -0.15) is 0 Å². The van der Waals surface area contributed by atoms with Crippen molar-refractivity contribution in [3.05, 3.63) is 48.0 Å². The Morgan fingerprint density at radius 3 is 3.19 bits per heavy atom. The van der Waals surface area contributed by atoms with E-state index in [-0.39, 0.29) is 0 Å². The summed E-state index contributed by atoms with van der Waals surface area (Å²) in [7, 11) is 0. The average molecular weight is 247 g/mol. The molecule has 3 aromatic heterocycles. The first-order chi connectivity index (χ1) is 7.93. The second-order valence-corrected chi connectivity index (χ2v) is 5.13. The van der Waals surface area contributed by atoms with Gasteiger partial charge < -0.3 is 0 Å². The summed E-state index contributed by atoms with van der Waals surface area (Å²) >= 11 is 3.45. The number of hydrogen-bond donors (Lipinski definition) is 0. The van der Waals surface area contributed by atoms with E-state index in [2.05, 4.69) is 15.3 Å². The average Bonchev–Trinajstić information content (AvgIpc) is 2.90. The summed E-state index contributed by atoms with van der Waals surface area (Å²) in [5.41, 5.74) is 1.09. The molecule has 0 saturated heterocycles. The number of thiazole rings is 1. The Kier molecular flexibility index (Phi) is 2.63. The highest BCUT2D eigenvalue weighted by Crippen LogP contribution is 2.27. The zero-order valence-electron chi connectivity index (χ0n) is 8.41. The van der Waals surface area contributed by atoms with Crippen LogP contribution in [0, 0.1) is 0 Å². The molecule has 0 aliphatic heterocycles. The standard InChI is InChI=1S/C11H9N3S2/c1-2-4-12-9(3-1)7-16-10-11-14(8-13-10)5-6-15-11/h1-6,8H,7H2. The van der Waals surface area contributed by atoms with Crippen LogP contribution in [0.2, 0.25) is 0 Å². The second-order valence-electron chi connectivity index (χ2n) is 3.27. The summed E-state index contributed by atoms with van der Waals surface area (Å²) in [6.07, 6.45) is 5.70. The maximum Gasteiger partial charge on any atom is 0.133 e. The van der Waals surface area contributed by atoms with Crippen LogP contribution in [0.5, 0.6) is 0 Å². The van der Waals surface area contributed by atoms with Gasteiger partial charge in [-0.3, -0.25) is 9.38 Å². The van der Waals surface area contributed by atoms with E-state index in [0.29, 0.717) is 0 Å². The van der Waals surface area contributed by atoms with Crippen molar-refractivity contribution in [3.8, 4) is 0 Å². The molecule has 0 bridgehead atoms. The Morgan fingerprint density at radius 2 is 2.31 bits per heavy atom. The zero-order chi connectivity index (χ0) is 10.8. The van der Waals surface area contributed by atoms with Gasteiger partial charge in [-0.1, -0.05) is 17.8 Å². The summed E-state index contributed by atoms with van der Waals surface area (Å²) in [4.78, 5) is 9.88. The summed E-state index contributed by atoms with van der Waals surface area (Å²) in [5.74, 6) is 0.866. The van der Waals surface area contributed by atoms with Crippen molar-refractivity contribution in [1.82, 2.24) is 14.4 Å². The first-order valence-corrected chi connectivity index (χ1v) is 6.73. The number of thioether (sulfide) groups is 1. The Labute approximate surface area is 101 Å². The number of imidazole rings is 1. The van der Waals surface area contributed by atoms with Gasteiger partial charge in [0, 0.05) is 23.5 Å². The van der Waals surface area contributed by atoms with Gasteiger partial charge in [0.15, 0.2) is 0 Å². The maximum absolute atomic E-state index is 4.38. The predicted octanol–water partition coefficient (Wildman–Crippen LogP) is 3.08. The van der Waals surface area contributed by atoms with Crippen LogP contribution in [0.25, 0.3) is 4.83 Å². The number of fused-ring (bicyclic) bond motifs is 1. The van der Waals surface area contributed by atoms with Crippen LogP contribution in [0.1, 0.15) is 5.69 Å². The number of pyridine rings is 1. The van der Waals surface area contributed by atoms with E-state index in [1.54, 1.807) is 23.1 Å². The Morgan fingerprint density at radius 1 is 1.31 bits per heavy atom. The molecule has 5 heteroatoms. The van der Waals surface area contributed by atoms with Crippen LogP contribution in [-0.4, -0.2) is 14.4 Å². The van der Waals surface area contributed by atoms with E-state index in [1.807, 2.05) is 41.3 Å². The monoisotopic (exact) mass is 247 g/mol. The van der Waals surface area contributed by atoms with E-state index in [0.717, 1.165) is 16.5 Å². The van der Waals surface area contributed by atoms with Crippen molar-refractivity contribution >= 4 is 27.9 Å².